The van der Waals surface area contributed by atoms with Crippen LogP contribution in [0.1, 0.15) is 40.3 Å². The Morgan fingerprint density at radius 1 is 0.804 bits per heavy atom. The molecular weight excluding hydrogens is 644 g/mol. The number of hydrogen-bond acceptors (Lipinski definition) is 7. The maximum Gasteiger partial charge on any atom is 0.169 e. The Bertz CT molecular complexity index is 1700. The number of rotatable bonds is 3. The van der Waals surface area contributed by atoms with Crippen LogP contribution in [0.4, 0.5) is 0 Å². The van der Waals surface area contributed by atoms with E-state index in [1.807, 2.05) is 6.07 Å². The van der Waals surface area contributed by atoms with Gasteiger partial charge < -0.3 is 23.7 Å². The summed E-state index contributed by atoms with van der Waals surface area (Å²) in [6.07, 6.45) is 2.77. The lowest BCUT2D eigenvalue weighted by atomic mass is 9.80. The second-order valence-electron chi connectivity index (χ2n) is 13.0. The molecule has 4 aliphatic heterocycles. The van der Waals surface area contributed by atoms with Gasteiger partial charge in [0.05, 0.1) is 18.7 Å². The monoisotopic (exact) mass is 686 g/mol. The molecule has 7 nitrogen and oxygen atoms in total. The third kappa shape index (κ3) is 5.53. The summed E-state index contributed by atoms with van der Waals surface area (Å²) in [6, 6.07) is 19.7. The molecule has 242 valence electrons. The third-order valence-electron chi connectivity index (χ3n) is 10.3. The van der Waals surface area contributed by atoms with Gasteiger partial charge in [0.2, 0.25) is 0 Å². The van der Waals surface area contributed by atoms with Crippen molar-refractivity contribution < 1.29 is 23.7 Å². The van der Waals surface area contributed by atoms with Crippen LogP contribution in [-0.2, 0) is 28.7 Å². The molecule has 0 radical (unpaired) electrons. The Labute approximate surface area is 280 Å². The van der Waals surface area contributed by atoms with Crippen molar-refractivity contribution in [3.63, 3.8) is 0 Å². The van der Waals surface area contributed by atoms with Gasteiger partial charge in [-0.1, -0.05) is 24.3 Å². The van der Waals surface area contributed by atoms with Crippen molar-refractivity contribution in [2.45, 2.75) is 56.9 Å². The van der Waals surface area contributed by atoms with Crippen molar-refractivity contribution in [3.05, 3.63) is 104 Å². The second kappa shape index (κ2) is 12.7. The van der Waals surface area contributed by atoms with Gasteiger partial charge in [0.15, 0.2) is 23.7 Å². The Morgan fingerprint density at radius 3 is 2.26 bits per heavy atom. The Kier molecular flexibility index (Phi) is 8.66. The number of methoxy groups -OCH3 is 3. The van der Waals surface area contributed by atoms with Crippen LogP contribution in [0, 0.1) is 6.92 Å². The van der Waals surface area contributed by atoms with Gasteiger partial charge in [-0.3, -0.25) is 9.80 Å². The Hall–Kier alpha value is -3.30. The van der Waals surface area contributed by atoms with Crippen LogP contribution in [0.15, 0.2) is 76.0 Å². The fourth-order valence-electron chi connectivity index (χ4n) is 7.73. The van der Waals surface area contributed by atoms with Gasteiger partial charge in [-0.05, 0) is 132 Å². The van der Waals surface area contributed by atoms with Crippen LogP contribution in [0.5, 0.6) is 23.0 Å². The van der Waals surface area contributed by atoms with Crippen LogP contribution in [0.3, 0.4) is 0 Å². The topological polar surface area (TPSA) is 52.6 Å². The van der Waals surface area contributed by atoms with Gasteiger partial charge in [0, 0.05) is 32.3 Å². The van der Waals surface area contributed by atoms with E-state index in [-0.39, 0.29) is 18.2 Å². The van der Waals surface area contributed by atoms with Crippen LogP contribution < -0.4 is 14.2 Å². The molecule has 0 fully saturated rings. The first-order chi connectivity index (χ1) is 22.3. The summed E-state index contributed by atoms with van der Waals surface area (Å²) in [5.74, 6) is 3.87. The first-order valence-corrected chi connectivity index (χ1v) is 16.9. The van der Waals surface area contributed by atoms with Crippen LogP contribution >= 0.6 is 15.9 Å². The van der Waals surface area contributed by atoms with Crippen LogP contribution in [0.2, 0.25) is 0 Å². The number of nitrogens with zero attached hydrogens (tertiary/aromatic N) is 2. The zero-order valence-corrected chi connectivity index (χ0v) is 29.1. The molecule has 2 unspecified atom stereocenters. The van der Waals surface area contributed by atoms with Crippen molar-refractivity contribution in [1.29, 1.82) is 0 Å². The van der Waals surface area contributed by atoms with E-state index in [1.165, 1.54) is 27.8 Å². The molecule has 0 N–H and O–H groups in total. The summed E-state index contributed by atoms with van der Waals surface area (Å²) < 4.78 is 32.6. The van der Waals surface area contributed by atoms with Gasteiger partial charge in [-0.2, -0.15) is 0 Å². The number of hydrogen-bond donors (Lipinski definition) is 0. The summed E-state index contributed by atoms with van der Waals surface area (Å²) in [5, 5.41) is 0. The molecule has 0 saturated carbocycles. The number of allylic oxidation sites excluding steroid dienone is 1. The molecule has 0 saturated heterocycles. The van der Waals surface area contributed by atoms with Crippen molar-refractivity contribution in [2.24, 2.45) is 0 Å². The SMILES string of the molecule is COC1=C(Br)C2=C3C(Oc4cc5c(cc4C)CCN(C)[C@H]5Cc4ccc(cc4)Oc4cc(ccc4OC)C[C@@H]3N(C)CC2)C1OC. The highest BCUT2D eigenvalue weighted by molar-refractivity contribution is 9.12. The zero-order chi connectivity index (χ0) is 32.1. The van der Waals surface area contributed by atoms with Gasteiger partial charge >= 0.3 is 0 Å². The van der Waals surface area contributed by atoms with E-state index >= 15 is 0 Å². The number of benzene rings is 3. The molecule has 4 heterocycles. The highest BCUT2D eigenvalue weighted by atomic mass is 79.9. The summed E-state index contributed by atoms with van der Waals surface area (Å²) in [7, 11) is 9.58. The predicted octanol–water partition coefficient (Wildman–Crippen LogP) is 7.15. The van der Waals surface area contributed by atoms with E-state index in [2.05, 4.69) is 95.3 Å². The molecule has 3 aromatic rings. The maximum atomic E-state index is 7.22. The quantitative estimate of drug-likeness (QED) is 0.290. The number of likely N-dealkylation sites (N-methyl/N-ethyl adjacent to an activating group) is 2. The van der Waals surface area contributed by atoms with E-state index in [4.69, 9.17) is 23.7 Å². The molecule has 46 heavy (non-hydrogen) atoms. The Morgan fingerprint density at radius 2 is 1.52 bits per heavy atom. The minimum absolute atomic E-state index is 0.0635. The summed E-state index contributed by atoms with van der Waals surface area (Å²) >= 11 is 3.94. The van der Waals surface area contributed by atoms with E-state index in [0.717, 1.165) is 71.6 Å². The van der Waals surface area contributed by atoms with Gasteiger partial charge in [0.25, 0.3) is 0 Å². The summed E-state index contributed by atoms with van der Waals surface area (Å²) in [4.78, 5) is 4.90. The molecule has 8 heteroatoms. The molecule has 0 aromatic heterocycles. The molecule has 6 bridgehead atoms. The van der Waals surface area contributed by atoms with Crippen LogP contribution in [-0.4, -0.2) is 76.6 Å². The van der Waals surface area contributed by atoms with Crippen molar-refractivity contribution >= 4 is 15.9 Å². The maximum absolute atomic E-state index is 7.22. The minimum atomic E-state index is -0.417. The van der Waals surface area contributed by atoms with Crippen molar-refractivity contribution in [1.82, 2.24) is 9.80 Å². The molecule has 5 aliphatic rings. The number of fused-ring (bicyclic) bond motifs is 2. The number of ether oxygens (including phenoxy) is 5. The third-order valence-corrected chi connectivity index (χ3v) is 11.2. The fraction of sp³-hybridized carbons (Fsp3) is 0.421. The minimum Gasteiger partial charge on any atom is -0.497 e. The van der Waals surface area contributed by atoms with Gasteiger partial charge in [-0.15, -0.1) is 0 Å². The largest absolute Gasteiger partial charge is 0.497 e. The highest BCUT2D eigenvalue weighted by Crippen LogP contribution is 2.46. The number of aryl methyl sites for hydroxylation is 1. The lowest BCUT2D eigenvalue weighted by molar-refractivity contribution is -0.00169. The van der Waals surface area contributed by atoms with E-state index in [1.54, 1.807) is 21.3 Å². The van der Waals surface area contributed by atoms with Crippen molar-refractivity contribution in [3.8, 4) is 23.0 Å². The average molecular weight is 688 g/mol. The molecule has 8 rings (SSSR count). The summed E-state index contributed by atoms with van der Waals surface area (Å²) in [5.41, 5.74) is 8.75. The zero-order valence-electron chi connectivity index (χ0n) is 27.6. The molecule has 3 aromatic carbocycles. The summed E-state index contributed by atoms with van der Waals surface area (Å²) in [6.45, 7) is 4.10. The lowest BCUT2D eigenvalue weighted by Gasteiger charge is -2.45. The van der Waals surface area contributed by atoms with Gasteiger partial charge in [-0.25, -0.2) is 0 Å². The smallest absolute Gasteiger partial charge is 0.169 e. The highest BCUT2D eigenvalue weighted by Gasteiger charge is 2.45. The predicted molar refractivity (Wildman–Crippen MR) is 183 cm³/mol. The molecule has 0 amide bonds. The molecule has 0 spiro atoms. The Balaban J connectivity index is 1.43. The van der Waals surface area contributed by atoms with E-state index in [0.29, 0.717) is 11.5 Å². The molecular formula is C38H43BrN2O5. The first kappa shape index (κ1) is 31.3. The first-order valence-electron chi connectivity index (χ1n) is 16.1. The molecule has 1 aliphatic carbocycles. The van der Waals surface area contributed by atoms with E-state index in [9.17, 15) is 0 Å². The standard InChI is InChI=1S/C38H43BrN2O5/c1-22-17-25-13-15-40(2)29-18-23-7-10-26(11-8-23)45-33-20-24(9-12-31(33)42-4)19-30-34-27(14-16-41(30)3)35(39)37(43-5)38(44-6)36(34)46-32(22)21-28(25)29/h7-12,17,20-21,29-30,36,38H,13-16,18-19H2,1-6H3/t29-,30-,36?,38?/m0/s1. The molecule has 4 atom stereocenters. The fourth-order valence-corrected chi connectivity index (χ4v) is 8.55. The van der Waals surface area contributed by atoms with Crippen LogP contribution in [0.25, 0.3) is 0 Å². The van der Waals surface area contributed by atoms with Crippen molar-refractivity contribution in [2.75, 3.05) is 48.5 Å². The second-order valence-corrected chi connectivity index (χ2v) is 13.8. The van der Waals surface area contributed by atoms with Gasteiger partial charge in [0.1, 0.15) is 17.3 Å². The number of halogens is 1. The lowest BCUT2D eigenvalue weighted by Crippen LogP contribution is -2.51. The normalized spacial score (nSPS) is 24.8. The average Bonchev–Trinajstić information content (AvgIpc) is 3.05. The van der Waals surface area contributed by atoms with E-state index < -0.39 is 6.10 Å².